The number of carbonyl (C=O) groups excluding carboxylic acids is 1. The van der Waals surface area contributed by atoms with E-state index in [1.165, 1.54) is 13.2 Å². The van der Waals surface area contributed by atoms with Crippen molar-refractivity contribution in [1.82, 2.24) is 0 Å². The van der Waals surface area contributed by atoms with E-state index in [4.69, 9.17) is 18.6 Å². The molecule has 0 saturated heterocycles. The summed E-state index contributed by atoms with van der Waals surface area (Å²) in [6.07, 6.45) is 3.05. The van der Waals surface area contributed by atoms with Gasteiger partial charge in [0.15, 0.2) is 5.78 Å². The van der Waals surface area contributed by atoms with E-state index in [2.05, 4.69) is 15.9 Å². The summed E-state index contributed by atoms with van der Waals surface area (Å²) in [5, 5.41) is 0. The van der Waals surface area contributed by atoms with Crippen LogP contribution >= 0.6 is 15.9 Å². The number of ether oxygens (including phenoxy) is 3. The zero-order chi connectivity index (χ0) is 19.9. The Morgan fingerprint density at radius 3 is 2.64 bits per heavy atom. The predicted molar refractivity (Wildman–Crippen MR) is 110 cm³/mol. The van der Waals surface area contributed by atoms with E-state index in [1.807, 2.05) is 30.3 Å². The van der Waals surface area contributed by atoms with Gasteiger partial charge in [-0.1, -0.05) is 22.0 Å². The van der Waals surface area contributed by atoms with Gasteiger partial charge < -0.3 is 18.6 Å². The number of allylic oxidation sites excluding steroid dienone is 1. The van der Waals surface area contributed by atoms with Crippen LogP contribution in [0.2, 0.25) is 0 Å². The molecular formula is C22H19BrO5. The second kappa shape index (κ2) is 9.28. The minimum Gasteiger partial charge on any atom is -0.497 e. The van der Waals surface area contributed by atoms with Gasteiger partial charge in [0, 0.05) is 4.47 Å². The summed E-state index contributed by atoms with van der Waals surface area (Å²) in [6, 6.07) is 16.3. The lowest BCUT2D eigenvalue weighted by Gasteiger charge is -2.07. The average Bonchev–Trinajstić information content (AvgIpc) is 3.18. The van der Waals surface area contributed by atoms with Crippen molar-refractivity contribution in [2.45, 2.75) is 6.61 Å². The van der Waals surface area contributed by atoms with Crippen LogP contribution < -0.4 is 14.2 Å². The van der Waals surface area contributed by atoms with Crippen LogP contribution in [0.15, 0.2) is 69.6 Å². The molecule has 28 heavy (non-hydrogen) atoms. The molecule has 3 aromatic rings. The van der Waals surface area contributed by atoms with Gasteiger partial charge in [-0.25, -0.2) is 0 Å². The van der Waals surface area contributed by atoms with Gasteiger partial charge in [0.2, 0.25) is 0 Å². The maximum atomic E-state index is 12.5. The highest BCUT2D eigenvalue weighted by Crippen LogP contribution is 2.25. The minimum absolute atomic E-state index is 0.209. The lowest BCUT2D eigenvalue weighted by molar-refractivity contribution is 0.104. The van der Waals surface area contributed by atoms with E-state index < -0.39 is 0 Å². The van der Waals surface area contributed by atoms with E-state index in [0.29, 0.717) is 35.2 Å². The molecule has 1 heterocycles. The van der Waals surface area contributed by atoms with E-state index in [1.54, 1.807) is 37.5 Å². The Hall–Kier alpha value is -2.99. The molecule has 0 aliphatic heterocycles. The molecule has 0 atom stereocenters. The number of rotatable bonds is 8. The third kappa shape index (κ3) is 5.04. The molecule has 1 aromatic heterocycles. The molecule has 0 bridgehead atoms. The van der Waals surface area contributed by atoms with Crippen molar-refractivity contribution in [3.63, 3.8) is 0 Å². The molecular weight excluding hydrogens is 424 g/mol. The van der Waals surface area contributed by atoms with Crippen LogP contribution in [-0.4, -0.2) is 20.0 Å². The van der Waals surface area contributed by atoms with E-state index in [0.717, 1.165) is 10.2 Å². The van der Waals surface area contributed by atoms with Gasteiger partial charge in [-0.2, -0.15) is 0 Å². The Balaban J connectivity index is 1.66. The van der Waals surface area contributed by atoms with Crippen LogP contribution in [0.25, 0.3) is 6.08 Å². The maximum Gasteiger partial charge on any atom is 0.189 e. The molecule has 2 aromatic carbocycles. The fourth-order valence-electron chi connectivity index (χ4n) is 2.53. The maximum absolute atomic E-state index is 12.5. The summed E-state index contributed by atoms with van der Waals surface area (Å²) in [7, 11) is 3.07. The molecule has 0 aliphatic carbocycles. The molecule has 5 nitrogen and oxygen atoms in total. The standard InChI is InChI=1S/C22H19BrO5/c1-25-17-9-11-22(26-2)20(13-17)21(24)10-8-16-6-7-19(28-16)14-27-18-5-3-4-15(23)12-18/h3-13H,14H2,1-2H3/b10-8+. The summed E-state index contributed by atoms with van der Waals surface area (Å²) in [6.45, 7) is 0.294. The summed E-state index contributed by atoms with van der Waals surface area (Å²) in [5.74, 6) is 2.82. The first-order valence-electron chi connectivity index (χ1n) is 8.50. The number of carbonyl (C=O) groups is 1. The van der Waals surface area contributed by atoms with Gasteiger partial charge >= 0.3 is 0 Å². The smallest absolute Gasteiger partial charge is 0.189 e. The number of methoxy groups -OCH3 is 2. The predicted octanol–water partition coefficient (Wildman–Crippen LogP) is 5.53. The molecule has 3 rings (SSSR count). The normalized spacial score (nSPS) is 10.8. The Morgan fingerprint density at radius 1 is 1.04 bits per heavy atom. The fourth-order valence-corrected chi connectivity index (χ4v) is 2.91. The van der Waals surface area contributed by atoms with Gasteiger partial charge in [-0.05, 0) is 60.7 Å². The van der Waals surface area contributed by atoms with Crippen molar-refractivity contribution in [2.75, 3.05) is 14.2 Å². The SMILES string of the molecule is COc1ccc(OC)c(C(=O)/C=C/c2ccc(COc3cccc(Br)c3)o2)c1. The second-order valence-corrected chi connectivity index (χ2v) is 6.73. The molecule has 144 valence electrons. The molecule has 0 unspecified atom stereocenters. The minimum atomic E-state index is -0.209. The van der Waals surface area contributed by atoms with E-state index >= 15 is 0 Å². The molecule has 0 spiro atoms. The highest BCUT2D eigenvalue weighted by Gasteiger charge is 2.11. The van der Waals surface area contributed by atoms with Crippen LogP contribution in [0.1, 0.15) is 21.9 Å². The largest absolute Gasteiger partial charge is 0.497 e. The third-order valence-corrected chi connectivity index (χ3v) is 4.42. The Morgan fingerprint density at radius 2 is 1.89 bits per heavy atom. The van der Waals surface area contributed by atoms with Gasteiger partial charge in [0.05, 0.1) is 19.8 Å². The number of hydrogen-bond acceptors (Lipinski definition) is 5. The first kappa shape index (κ1) is 19.8. The van der Waals surface area contributed by atoms with Crippen LogP contribution in [0.4, 0.5) is 0 Å². The monoisotopic (exact) mass is 442 g/mol. The number of benzene rings is 2. The topological polar surface area (TPSA) is 57.9 Å². The summed E-state index contributed by atoms with van der Waals surface area (Å²) >= 11 is 3.40. The van der Waals surface area contributed by atoms with Crippen molar-refractivity contribution in [3.05, 3.63) is 82.2 Å². The van der Waals surface area contributed by atoms with Crippen LogP contribution in [0, 0.1) is 0 Å². The number of halogens is 1. The molecule has 0 fully saturated rings. The van der Waals surface area contributed by atoms with Crippen molar-refractivity contribution in [2.24, 2.45) is 0 Å². The molecule has 0 radical (unpaired) electrons. The zero-order valence-corrected chi connectivity index (χ0v) is 17.1. The molecule has 0 saturated carbocycles. The highest BCUT2D eigenvalue weighted by atomic mass is 79.9. The van der Waals surface area contributed by atoms with Crippen molar-refractivity contribution in [1.29, 1.82) is 0 Å². The summed E-state index contributed by atoms with van der Waals surface area (Å²) in [5.41, 5.74) is 0.419. The van der Waals surface area contributed by atoms with Gasteiger partial charge in [-0.15, -0.1) is 0 Å². The second-order valence-electron chi connectivity index (χ2n) is 5.81. The molecule has 0 aliphatic rings. The van der Waals surface area contributed by atoms with Gasteiger partial charge in [0.25, 0.3) is 0 Å². The lowest BCUT2D eigenvalue weighted by Crippen LogP contribution is -1.99. The van der Waals surface area contributed by atoms with E-state index in [9.17, 15) is 4.79 Å². The highest BCUT2D eigenvalue weighted by molar-refractivity contribution is 9.10. The third-order valence-electron chi connectivity index (χ3n) is 3.93. The fraction of sp³-hybridized carbons (Fsp3) is 0.136. The van der Waals surface area contributed by atoms with Crippen molar-refractivity contribution < 1.29 is 23.4 Å². The lowest BCUT2D eigenvalue weighted by atomic mass is 10.1. The van der Waals surface area contributed by atoms with Gasteiger partial charge in [-0.3, -0.25) is 4.79 Å². The van der Waals surface area contributed by atoms with Crippen LogP contribution in [0.3, 0.4) is 0 Å². The average molecular weight is 443 g/mol. The summed E-state index contributed by atoms with van der Waals surface area (Å²) in [4.78, 5) is 12.5. The quantitative estimate of drug-likeness (QED) is 0.338. The zero-order valence-electron chi connectivity index (χ0n) is 15.5. The Bertz CT molecular complexity index is 990. The molecule has 0 amide bonds. The molecule has 0 N–H and O–H groups in total. The van der Waals surface area contributed by atoms with Crippen LogP contribution in [-0.2, 0) is 6.61 Å². The summed E-state index contributed by atoms with van der Waals surface area (Å²) < 4.78 is 22.8. The van der Waals surface area contributed by atoms with Gasteiger partial charge in [0.1, 0.15) is 35.4 Å². The van der Waals surface area contributed by atoms with Crippen LogP contribution in [0.5, 0.6) is 17.2 Å². The Labute approximate surface area is 171 Å². The molecule has 6 heteroatoms. The number of furan rings is 1. The number of hydrogen-bond donors (Lipinski definition) is 0. The van der Waals surface area contributed by atoms with E-state index in [-0.39, 0.29) is 5.78 Å². The first-order chi connectivity index (χ1) is 13.6. The Kier molecular flexibility index (Phi) is 6.55. The van der Waals surface area contributed by atoms with Crippen molar-refractivity contribution in [3.8, 4) is 17.2 Å². The first-order valence-corrected chi connectivity index (χ1v) is 9.30. The number of ketones is 1. The van der Waals surface area contributed by atoms with Crippen molar-refractivity contribution >= 4 is 27.8 Å².